The van der Waals surface area contributed by atoms with Gasteiger partial charge in [0.25, 0.3) is 0 Å². The standard InChI is InChI=1S/C11H22N2OS/c1-4-15-10-7-5-6-9(10)13-8(2)11(14)12-3/h8-10,13H,4-7H2,1-3H3,(H,12,14). The molecule has 3 unspecified atom stereocenters. The SMILES string of the molecule is CCSC1CCCC1NC(C)C(=O)NC. The van der Waals surface area contributed by atoms with Crippen molar-refractivity contribution in [2.24, 2.45) is 0 Å². The Bertz CT molecular complexity index is 211. The molecular formula is C11H22N2OS. The summed E-state index contributed by atoms with van der Waals surface area (Å²) in [4.78, 5) is 11.4. The molecule has 0 aromatic carbocycles. The molecule has 0 saturated heterocycles. The average molecular weight is 230 g/mol. The van der Waals surface area contributed by atoms with Crippen molar-refractivity contribution in [3.8, 4) is 0 Å². The number of carbonyl (C=O) groups is 1. The number of hydrogen-bond acceptors (Lipinski definition) is 3. The lowest BCUT2D eigenvalue weighted by Gasteiger charge is -2.23. The summed E-state index contributed by atoms with van der Waals surface area (Å²) in [6.07, 6.45) is 3.78. The van der Waals surface area contributed by atoms with Crippen LogP contribution in [0.4, 0.5) is 0 Å². The third-order valence-electron chi connectivity index (χ3n) is 2.94. The van der Waals surface area contributed by atoms with E-state index in [4.69, 9.17) is 0 Å². The van der Waals surface area contributed by atoms with Crippen LogP contribution in [0.15, 0.2) is 0 Å². The third kappa shape index (κ3) is 3.68. The highest BCUT2D eigenvalue weighted by Crippen LogP contribution is 2.30. The first-order valence-corrected chi connectivity index (χ1v) is 6.83. The van der Waals surface area contributed by atoms with Gasteiger partial charge in [0.05, 0.1) is 6.04 Å². The number of amides is 1. The number of rotatable bonds is 5. The van der Waals surface area contributed by atoms with Crippen molar-refractivity contribution < 1.29 is 4.79 Å². The summed E-state index contributed by atoms with van der Waals surface area (Å²) >= 11 is 2.01. The maximum absolute atomic E-state index is 11.4. The smallest absolute Gasteiger partial charge is 0.236 e. The Morgan fingerprint density at radius 2 is 2.27 bits per heavy atom. The molecule has 1 rings (SSSR count). The molecule has 1 amide bonds. The topological polar surface area (TPSA) is 41.1 Å². The van der Waals surface area contributed by atoms with Crippen LogP contribution in [0.2, 0.25) is 0 Å². The van der Waals surface area contributed by atoms with Crippen LogP contribution in [0.25, 0.3) is 0 Å². The van der Waals surface area contributed by atoms with Gasteiger partial charge < -0.3 is 10.6 Å². The van der Waals surface area contributed by atoms with E-state index in [0.29, 0.717) is 11.3 Å². The van der Waals surface area contributed by atoms with Gasteiger partial charge in [0, 0.05) is 18.3 Å². The molecule has 88 valence electrons. The summed E-state index contributed by atoms with van der Waals surface area (Å²) in [6, 6.07) is 0.445. The lowest BCUT2D eigenvalue weighted by atomic mass is 10.2. The van der Waals surface area contributed by atoms with Gasteiger partial charge in [-0.1, -0.05) is 13.3 Å². The highest BCUT2D eigenvalue weighted by atomic mass is 32.2. The van der Waals surface area contributed by atoms with Gasteiger partial charge in [-0.05, 0) is 25.5 Å². The molecule has 3 atom stereocenters. The molecule has 2 N–H and O–H groups in total. The van der Waals surface area contributed by atoms with E-state index in [1.807, 2.05) is 18.7 Å². The first-order chi connectivity index (χ1) is 7.19. The Kier molecular flexibility index (Phi) is 5.47. The van der Waals surface area contributed by atoms with Gasteiger partial charge in [-0.15, -0.1) is 0 Å². The zero-order valence-electron chi connectivity index (χ0n) is 9.88. The van der Waals surface area contributed by atoms with E-state index in [2.05, 4.69) is 17.6 Å². The van der Waals surface area contributed by atoms with Gasteiger partial charge in [0.15, 0.2) is 0 Å². The minimum absolute atomic E-state index is 0.0712. The Balaban J connectivity index is 2.39. The second kappa shape index (κ2) is 6.38. The summed E-state index contributed by atoms with van der Waals surface area (Å²) < 4.78 is 0. The van der Waals surface area contributed by atoms with Crippen molar-refractivity contribution in [1.29, 1.82) is 0 Å². The fourth-order valence-electron chi connectivity index (χ4n) is 2.14. The fourth-order valence-corrected chi connectivity index (χ4v) is 3.35. The molecule has 1 aliphatic rings. The molecule has 0 heterocycles. The first kappa shape index (κ1) is 12.8. The number of thioether (sulfide) groups is 1. The summed E-state index contributed by atoms with van der Waals surface area (Å²) in [5.74, 6) is 1.25. The Hall–Kier alpha value is -0.220. The molecule has 0 aliphatic heterocycles. The number of likely N-dealkylation sites (N-methyl/N-ethyl adjacent to an activating group) is 1. The van der Waals surface area contributed by atoms with Crippen LogP contribution in [0, 0.1) is 0 Å². The minimum atomic E-state index is -0.0712. The molecule has 0 radical (unpaired) electrons. The second-order valence-corrected chi connectivity index (χ2v) is 5.55. The number of carbonyl (C=O) groups excluding carboxylic acids is 1. The monoisotopic (exact) mass is 230 g/mol. The molecule has 0 aromatic heterocycles. The summed E-state index contributed by atoms with van der Waals surface area (Å²) in [5.41, 5.74) is 0. The van der Waals surface area contributed by atoms with Gasteiger partial charge in [-0.2, -0.15) is 11.8 Å². The Labute approximate surface area is 96.8 Å². The van der Waals surface area contributed by atoms with Crippen LogP contribution in [0.5, 0.6) is 0 Å². The van der Waals surface area contributed by atoms with Crippen molar-refractivity contribution in [2.75, 3.05) is 12.8 Å². The van der Waals surface area contributed by atoms with Gasteiger partial charge >= 0.3 is 0 Å². The predicted octanol–water partition coefficient (Wildman–Crippen LogP) is 1.38. The minimum Gasteiger partial charge on any atom is -0.358 e. The maximum Gasteiger partial charge on any atom is 0.236 e. The van der Waals surface area contributed by atoms with E-state index >= 15 is 0 Å². The van der Waals surface area contributed by atoms with Gasteiger partial charge in [-0.25, -0.2) is 0 Å². The van der Waals surface area contributed by atoms with Crippen LogP contribution < -0.4 is 10.6 Å². The molecular weight excluding hydrogens is 208 g/mol. The molecule has 15 heavy (non-hydrogen) atoms. The van der Waals surface area contributed by atoms with Gasteiger partial charge in [0.2, 0.25) is 5.91 Å². The van der Waals surface area contributed by atoms with Crippen LogP contribution >= 0.6 is 11.8 Å². The molecule has 1 fully saturated rings. The van der Waals surface area contributed by atoms with Gasteiger partial charge in [-0.3, -0.25) is 4.79 Å². The van der Waals surface area contributed by atoms with E-state index in [0.717, 1.165) is 5.75 Å². The zero-order valence-corrected chi connectivity index (χ0v) is 10.7. The van der Waals surface area contributed by atoms with E-state index in [1.165, 1.54) is 19.3 Å². The van der Waals surface area contributed by atoms with Crippen molar-refractivity contribution in [3.05, 3.63) is 0 Å². The average Bonchev–Trinajstić information content (AvgIpc) is 2.65. The molecule has 1 saturated carbocycles. The Morgan fingerprint density at radius 1 is 1.53 bits per heavy atom. The van der Waals surface area contributed by atoms with Crippen LogP contribution in [-0.2, 0) is 4.79 Å². The van der Waals surface area contributed by atoms with Crippen LogP contribution in [-0.4, -0.2) is 36.0 Å². The highest BCUT2D eigenvalue weighted by molar-refractivity contribution is 7.99. The number of hydrogen-bond donors (Lipinski definition) is 2. The summed E-state index contributed by atoms with van der Waals surface area (Å²) in [7, 11) is 1.69. The van der Waals surface area contributed by atoms with Crippen molar-refractivity contribution in [3.63, 3.8) is 0 Å². The van der Waals surface area contributed by atoms with E-state index < -0.39 is 0 Å². The predicted molar refractivity (Wildman–Crippen MR) is 66.2 cm³/mol. The maximum atomic E-state index is 11.4. The lowest BCUT2D eigenvalue weighted by molar-refractivity contribution is -0.122. The summed E-state index contributed by atoms with van der Waals surface area (Å²) in [5, 5.41) is 6.81. The molecule has 0 bridgehead atoms. The Morgan fingerprint density at radius 3 is 2.87 bits per heavy atom. The summed E-state index contributed by atoms with van der Waals surface area (Å²) in [6.45, 7) is 4.13. The molecule has 3 nitrogen and oxygen atoms in total. The fraction of sp³-hybridized carbons (Fsp3) is 0.909. The number of nitrogens with one attached hydrogen (secondary N) is 2. The molecule has 0 spiro atoms. The first-order valence-electron chi connectivity index (χ1n) is 5.78. The van der Waals surface area contributed by atoms with E-state index in [9.17, 15) is 4.79 Å². The highest BCUT2D eigenvalue weighted by Gasteiger charge is 2.29. The third-order valence-corrected chi connectivity index (χ3v) is 4.26. The molecule has 0 aromatic rings. The normalized spacial score (nSPS) is 27.7. The van der Waals surface area contributed by atoms with E-state index in [-0.39, 0.29) is 11.9 Å². The quantitative estimate of drug-likeness (QED) is 0.750. The van der Waals surface area contributed by atoms with E-state index in [1.54, 1.807) is 7.05 Å². The van der Waals surface area contributed by atoms with Crippen LogP contribution in [0.1, 0.15) is 33.1 Å². The lowest BCUT2D eigenvalue weighted by Crippen LogP contribution is -2.47. The molecule has 4 heteroatoms. The van der Waals surface area contributed by atoms with Crippen molar-refractivity contribution >= 4 is 17.7 Å². The molecule has 1 aliphatic carbocycles. The van der Waals surface area contributed by atoms with Crippen molar-refractivity contribution in [1.82, 2.24) is 10.6 Å². The second-order valence-electron chi connectivity index (χ2n) is 4.03. The van der Waals surface area contributed by atoms with Crippen molar-refractivity contribution in [2.45, 2.75) is 50.4 Å². The van der Waals surface area contributed by atoms with Crippen LogP contribution in [0.3, 0.4) is 0 Å². The zero-order chi connectivity index (χ0) is 11.3. The van der Waals surface area contributed by atoms with Gasteiger partial charge in [0.1, 0.15) is 0 Å². The largest absolute Gasteiger partial charge is 0.358 e.